The number of aromatic nitrogens is 2. The summed E-state index contributed by atoms with van der Waals surface area (Å²) >= 11 is 1.61. The van der Waals surface area contributed by atoms with E-state index in [9.17, 15) is 13.2 Å². The lowest BCUT2D eigenvalue weighted by Gasteiger charge is -2.21. The Bertz CT molecular complexity index is 1300. The number of thiophene rings is 1. The molecule has 0 N–H and O–H groups in total. The first kappa shape index (κ1) is 23.2. The fourth-order valence-electron chi connectivity index (χ4n) is 3.61. The molecule has 0 fully saturated rings. The van der Waals surface area contributed by atoms with Crippen molar-refractivity contribution < 1.29 is 17.6 Å². The summed E-state index contributed by atoms with van der Waals surface area (Å²) in [7, 11) is 1.33. The van der Waals surface area contributed by atoms with E-state index in [1.807, 2.05) is 41.3 Å². The van der Waals surface area contributed by atoms with Gasteiger partial charge in [0, 0.05) is 38.9 Å². The monoisotopic (exact) mass is 486 g/mol. The van der Waals surface area contributed by atoms with Crippen molar-refractivity contribution in [2.75, 3.05) is 14.1 Å². The van der Waals surface area contributed by atoms with Gasteiger partial charge in [-0.25, -0.2) is 17.7 Å². The van der Waals surface area contributed by atoms with Gasteiger partial charge in [0.25, 0.3) is 0 Å². The van der Waals surface area contributed by atoms with Gasteiger partial charge in [0.1, 0.15) is 11.6 Å². The number of hydrogen-bond acceptors (Lipinski definition) is 6. The Balaban J connectivity index is 1.52. The zero-order valence-corrected chi connectivity index (χ0v) is 20.4. The highest BCUT2D eigenvalue weighted by Gasteiger charge is 2.21. The molecule has 0 aliphatic heterocycles. The molecule has 1 amide bonds. The van der Waals surface area contributed by atoms with Gasteiger partial charge in [0.15, 0.2) is 0 Å². The number of amides is 1. The van der Waals surface area contributed by atoms with Gasteiger partial charge in [-0.15, -0.1) is 11.3 Å². The second kappa shape index (κ2) is 9.50. The molecule has 0 spiro atoms. The van der Waals surface area contributed by atoms with Gasteiger partial charge in [0.2, 0.25) is 15.9 Å². The summed E-state index contributed by atoms with van der Waals surface area (Å²) in [5, 5.41) is 2.00. The van der Waals surface area contributed by atoms with Crippen LogP contribution in [-0.2, 0) is 41.4 Å². The number of fused-ring (bicyclic) bond motifs is 1. The highest BCUT2D eigenvalue weighted by atomic mass is 32.2. The quantitative estimate of drug-likeness (QED) is 0.360. The van der Waals surface area contributed by atoms with E-state index in [1.165, 1.54) is 18.4 Å². The predicted molar refractivity (Wildman–Crippen MR) is 127 cm³/mol. The number of rotatable bonds is 9. The van der Waals surface area contributed by atoms with E-state index >= 15 is 0 Å². The van der Waals surface area contributed by atoms with Crippen LogP contribution in [0.15, 0.2) is 63.4 Å². The van der Waals surface area contributed by atoms with Crippen molar-refractivity contribution >= 4 is 38.3 Å². The van der Waals surface area contributed by atoms with E-state index < -0.39 is 10.0 Å². The van der Waals surface area contributed by atoms with E-state index in [0.717, 1.165) is 22.0 Å². The molecule has 33 heavy (non-hydrogen) atoms. The number of furan rings is 1. The number of nitrogens with zero attached hydrogens (tertiary/aromatic N) is 4. The first-order valence-corrected chi connectivity index (χ1v) is 12.8. The number of benzene rings is 1. The molecule has 0 saturated carbocycles. The molecule has 0 atom stereocenters. The van der Waals surface area contributed by atoms with Gasteiger partial charge >= 0.3 is 0 Å². The largest absolute Gasteiger partial charge is 0.467 e. The van der Waals surface area contributed by atoms with Crippen LogP contribution in [-0.4, -0.2) is 47.2 Å². The lowest BCUT2D eigenvalue weighted by molar-refractivity contribution is -0.132. The molecule has 174 valence electrons. The van der Waals surface area contributed by atoms with Crippen LogP contribution in [0.25, 0.3) is 11.0 Å². The second-order valence-corrected chi connectivity index (χ2v) is 11.1. The summed E-state index contributed by atoms with van der Waals surface area (Å²) in [6.45, 7) is 0.920. The van der Waals surface area contributed by atoms with Gasteiger partial charge in [-0.05, 0) is 41.8 Å². The number of aryl methyl sites for hydroxylation is 2. The number of carbonyl (C=O) groups excluding carboxylic acids is 1. The SMILES string of the molecule is CN(C)S(=O)(=O)c1ccc2c(c1)nc(CCC(=O)N(Cc1ccco1)Cc1cccs1)n2C. The molecule has 0 radical (unpaired) electrons. The molecule has 8 nitrogen and oxygen atoms in total. The Labute approximate surface area is 197 Å². The Morgan fingerprint density at radius 3 is 2.64 bits per heavy atom. The van der Waals surface area contributed by atoms with E-state index in [-0.39, 0.29) is 17.2 Å². The van der Waals surface area contributed by atoms with Crippen LogP contribution < -0.4 is 0 Å². The van der Waals surface area contributed by atoms with E-state index in [1.54, 1.807) is 40.7 Å². The Hall–Kier alpha value is -2.95. The molecule has 0 saturated heterocycles. The molecule has 0 bridgehead atoms. The van der Waals surface area contributed by atoms with Crippen LogP contribution in [0.3, 0.4) is 0 Å². The van der Waals surface area contributed by atoms with Crippen molar-refractivity contribution in [3.63, 3.8) is 0 Å². The van der Waals surface area contributed by atoms with Crippen molar-refractivity contribution in [1.29, 1.82) is 0 Å². The van der Waals surface area contributed by atoms with Crippen LogP contribution in [0.2, 0.25) is 0 Å². The molecule has 3 heterocycles. The number of sulfonamides is 1. The van der Waals surface area contributed by atoms with Crippen molar-refractivity contribution in [1.82, 2.24) is 18.8 Å². The summed E-state index contributed by atoms with van der Waals surface area (Å²) in [6.07, 6.45) is 2.33. The first-order valence-electron chi connectivity index (χ1n) is 10.5. The van der Waals surface area contributed by atoms with Crippen LogP contribution in [0.5, 0.6) is 0 Å². The predicted octanol–water partition coefficient (Wildman–Crippen LogP) is 3.64. The Morgan fingerprint density at radius 2 is 1.97 bits per heavy atom. The fourth-order valence-corrected chi connectivity index (χ4v) is 5.26. The second-order valence-electron chi connectivity index (χ2n) is 7.93. The summed E-state index contributed by atoms with van der Waals surface area (Å²) in [5.74, 6) is 1.46. The summed E-state index contributed by atoms with van der Waals surface area (Å²) in [4.78, 5) is 20.8. The zero-order chi connectivity index (χ0) is 23.6. The minimum atomic E-state index is -3.54. The third kappa shape index (κ3) is 5.02. The maximum atomic E-state index is 13.1. The van der Waals surface area contributed by atoms with Crippen LogP contribution in [0.1, 0.15) is 22.9 Å². The maximum absolute atomic E-state index is 13.1. The van der Waals surface area contributed by atoms with E-state index in [4.69, 9.17) is 4.42 Å². The number of imidazole rings is 1. The molecule has 10 heteroatoms. The molecule has 4 rings (SSSR count). The molecule has 0 unspecified atom stereocenters. The van der Waals surface area contributed by atoms with E-state index in [2.05, 4.69) is 4.98 Å². The van der Waals surface area contributed by atoms with Gasteiger partial charge in [0.05, 0.1) is 35.3 Å². The van der Waals surface area contributed by atoms with Crippen LogP contribution >= 0.6 is 11.3 Å². The highest BCUT2D eigenvalue weighted by Crippen LogP contribution is 2.22. The molecular weight excluding hydrogens is 460 g/mol. The normalized spacial score (nSPS) is 12.0. The lowest BCUT2D eigenvalue weighted by Crippen LogP contribution is -2.30. The molecule has 3 aromatic heterocycles. The summed E-state index contributed by atoms with van der Waals surface area (Å²) in [6, 6.07) is 12.6. The van der Waals surface area contributed by atoms with Crippen LogP contribution in [0, 0.1) is 0 Å². The van der Waals surface area contributed by atoms with Gasteiger partial charge in [-0.1, -0.05) is 6.07 Å². The fraction of sp³-hybridized carbons (Fsp3) is 0.304. The average molecular weight is 487 g/mol. The minimum absolute atomic E-state index is 0.00253. The van der Waals surface area contributed by atoms with Crippen molar-refractivity contribution in [2.45, 2.75) is 30.8 Å². The van der Waals surface area contributed by atoms with Crippen LogP contribution in [0.4, 0.5) is 0 Å². The first-order chi connectivity index (χ1) is 15.8. The molecule has 1 aromatic carbocycles. The van der Waals surface area contributed by atoms with Crippen molar-refractivity contribution in [2.24, 2.45) is 7.05 Å². The van der Waals surface area contributed by atoms with E-state index in [0.29, 0.717) is 25.0 Å². The van der Waals surface area contributed by atoms with Crippen molar-refractivity contribution in [3.05, 3.63) is 70.6 Å². The third-order valence-electron chi connectivity index (χ3n) is 5.49. The standard InChI is InChI=1S/C23H26N4O4S2/c1-25(2)33(29,30)19-8-9-21-20(14-19)24-22(26(21)3)10-11-23(28)27(15-17-6-4-12-31-17)16-18-7-5-13-32-18/h4-9,12-14H,10-11,15-16H2,1-3H3. The third-order valence-corrected chi connectivity index (χ3v) is 8.16. The Morgan fingerprint density at radius 1 is 1.15 bits per heavy atom. The topological polar surface area (TPSA) is 88.7 Å². The van der Waals surface area contributed by atoms with Gasteiger partial charge < -0.3 is 13.9 Å². The molecular formula is C23H26N4O4S2. The number of hydrogen-bond donors (Lipinski definition) is 0. The zero-order valence-electron chi connectivity index (χ0n) is 18.8. The minimum Gasteiger partial charge on any atom is -0.467 e. The van der Waals surface area contributed by atoms with Gasteiger partial charge in [-0.3, -0.25) is 4.79 Å². The van der Waals surface area contributed by atoms with Crippen molar-refractivity contribution in [3.8, 4) is 0 Å². The lowest BCUT2D eigenvalue weighted by atomic mass is 10.2. The molecule has 0 aliphatic carbocycles. The molecule has 0 aliphatic rings. The summed E-state index contributed by atoms with van der Waals surface area (Å²) in [5.41, 5.74) is 1.41. The Kier molecular flexibility index (Phi) is 6.68. The smallest absolute Gasteiger partial charge is 0.242 e. The summed E-state index contributed by atoms with van der Waals surface area (Å²) < 4.78 is 33.4. The average Bonchev–Trinajstić information content (AvgIpc) is 3.54. The molecule has 4 aromatic rings. The number of carbonyl (C=O) groups is 1. The highest BCUT2D eigenvalue weighted by molar-refractivity contribution is 7.89. The maximum Gasteiger partial charge on any atom is 0.242 e. The van der Waals surface area contributed by atoms with Gasteiger partial charge in [-0.2, -0.15) is 0 Å².